The molecule has 0 saturated carbocycles. The van der Waals surface area contributed by atoms with Gasteiger partial charge in [0.05, 0.1) is 27.2 Å². The van der Waals surface area contributed by atoms with Gasteiger partial charge < -0.3 is 24.0 Å². The van der Waals surface area contributed by atoms with Gasteiger partial charge in [-0.2, -0.15) is 0 Å². The van der Waals surface area contributed by atoms with E-state index in [4.69, 9.17) is 14.2 Å². The molecule has 7 heteroatoms. The Morgan fingerprint density at radius 3 is 2.09 bits per heavy atom. The molecule has 7 nitrogen and oxygen atoms in total. The molecule has 0 bridgehead atoms. The minimum atomic E-state index is -0.325. The predicted molar refractivity (Wildman–Crippen MR) is 130 cm³/mol. The number of likely N-dealkylation sites (tertiary alicyclic amines) is 2. The van der Waals surface area contributed by atoms with Crippen LogP contribution in [0.5, 0.6) is 17.2 Å². The van der Waals surface area contributed by atoms with Crippen molar-refractivity contribution >= 4 is 11.8 Å². The molecule has 2 aromatic rings. The van der Waals surface area contributed by atoms with Gasteiger partial charge in [-0.1, -0.05) is 18.2 Å². The molecule has 2 heterocycles. The molecule has 2 aromatic carbocycles. The van der Waals surface area contributed by atoms with Crippen molar-refractivity contribution in [3.05, 3.63) is 53.1 Å². The van der Waals surface area contributed by atoms with Crippen LogP contribution in [-0.2, 0) is 4.79 Å². The Hall–Kier alpha value is -3.22. The highest BCUT2D eigenvalue weighted by atomic mass is 16.5. The molecular formula is C27H34N2O5. The summed E-state index contributed by atoms with van der Waals surface area (Å²) >= 11 is 0. The van der Waals surface area contributed by atoms with E-state index >= 15 is 0 Å². The Kier molecular flexibility index (Phi) is 7.29. The summed E-state index contributed by atoms with van der Waals surface area (Å²) in [6, 6.07) is 11.4. The second-order valence-electron chi connectivity index (χ2n) is 9.08. The topological polar surface area (TPSA) is 68.3 Å². The number of hydrogen-bond donors (Lipinski definition) is 0. The average Bonchev–Trinajstić information content (AvgIpc) is 3.33. The minimum absolute atomic E-state index is 0.0375. The van der Waals surface area contributed by atoms with Gasteiger partial charge in [-0.15, -0.1) is 0 Å². The van der Waals surface area contributed by atoms with E-state index in [1.54, 1.807) is 21.3 Å². The fraction of sp³-hybridized carbons (Fsp3) is 0.481. The first-order chi connectivity index (χ1) is 16.5. The van der Waals surface area contributed by atoms with E-state index in [9.17, 15) is 9.59 Å². The largest absolute Gasteiger partial charge is 0.493 e. The molecule has 2 aliphatic rings. The number of methoxy groups -OCH3 is 3. The predicted octanol–water partition coefficient (Wildman–Crippen LogP) is 3.89. The third kappa shape index (κ3) is 4.56. The Morgan fingerprint density at radius 2 is 1.50 bits per heavy atom. The number of benzene rings is 2. The third-order valence-corrected chi connectivity index (χ3v) is 7.08. The van der Waals surface area contributed by atoms with Crippen molar-refractivity contribution < 1.29 is 23.8 Å². The van der Waals surface area contributed by atoms with Gasteiger partial charge in [0.25, 0.3) is 5.91 Å². The molecule has 0 N–H and O–H groups in total. The Morgan fingerprint density at radius 1 is 0.853 bits per heavy atom. The Bertz CT molecular complexity index is 1020. The molecule has 2 aliphatic heterocycles. The molecule has 2 amide bonds. The lowest BCUT2D eigenvalue weighted by atomic mass is 9.87. The summed E-state index contributed by atoms with van der Waals surface area (Å²) in [6.07, 6.45) is 3.21. The fourth-order valence-electron chi connectivity index (χ4n) is 5.21. The van der Waals surface area contributed by atoms with Gasteiger partial charge in [0.1, 0.15) is 0 Å². The van der Waals surface area contributed by atoms with E-state index in [-0.39, 0.29) is 23.7 Å². The SMILES string of the molecule is COc1cc(C2CN(C(=O)c3ccccc3C)CC2C(=O)N2CCCCC2)cc(OC)c1OC. The Labute approximate surface area is 201 Å². The molecule has 4 rings (SSSR count). The van der Waals surface area contributed by atoms with Crippen LogP contribution in [0.2, 0.25) is 0 Å². The number of nitrogens with zero attached hydrogens (tertiary/aromatic N) is 2. The van der Waals surface area contributed by atoms with Crippen molar-refractivity contribution in [2.45, 2.75) is 32.1 Å². The van der Waals surface area contributed by atoms with Crippen LogP contribution in [0.25, 0.3) is 0 Å². The molecule has 2 atom stereocenters. The second kappa shape index (κ2) is 10.4. The molecule has 2 unspecified atom stereocenters. The van der Waals surface area contributed by atoms with Crippen LogP contribution >= 0.6 is 0 Å². The molecule has 0 aliphatic carbocycles. The van der Waals surface area contributed by atoms with E-state index < -0.39 is 0 Å². The van der Waals surface area contributed by atoms with Crippen LogP contribution in [0.4, 0.5) is 0 Å². The maximum atomic E-state index is 13.7. The van der Waals surface area contributed by atoms with E-state index in [1.807, 2.05) is 53.1 Å². The van der Waals surface area contributed by atoms with Crippen molar-refractivity contribution in [2.24, 2.45) is 5.92 Å². The smallest absolute Gasteiger partial charge is 0.254 e. The molecule has 182 valence electrons. The maximum absolute atomic E-state index is 13.7. The quantitative estimate of drug-likeness (QED) is 0.646. The van der Waals surface area contributed by atoms with Crippen molar-refractivity contribution in [2.75, 3.05) is 47.5 Å². The van der Waals surface area contributed by atoms with Gasteiger partial charge in [0.15, 0.2) is 11.5 Å². The van der Waals surface area contributed by atoms with Crippen molar-refractivity contribution in [3.8, 4) is 17.2 Å². The molecular weight excluding hydrogens is 432 g/mol. The lowest BCUT2D eigenvalue weighted by molar-refractivity contribution is -0.136. The first-order valence-corrected chi connectivity index (χ1v) is 11.9. The van der Waals surface area contributed by atoms with Crippen LogP contribution in [0, 0.1) is 12.8 Å². The van der Waals surface area contributed by atoms with Crippen LogP contribution in [-0.4, -0.2) is 69.1 Å². The number of hydrogen-bond acceptors (Lipinski definition) is 5. The summed E-state index contributed by atoms with van der Waals surface area (Å²) in [4.78, 5) is 31.0. The third-order valence-electron chi connectivity index (χ3n) is 7.08. The molecule has 2 fully saturated rings. The number of rotatable bonds is 6. The number of piperidine rings is 1. The summed E-state index contributed by atoms with van der Waals surface area (Å²) in [5, 5.41) is 0. The van der Waals surface area contributed by atoms with E-state index in [0.717, 1.165) is 43.5 Å². The molecule has 34 heavy (non-hydrogen) atoms. The van der Waals surface area contributed by atoms with Crippen LogP contribution in [0.15, 0.2) is 36.4 Å². The summed E-state index contributed by atoms with van der Waals surface area (Å²) in [5.74, 6) is 1.20. The average molecular weight is 467 g/mol. The maximum Gasteiger partial charge on any atom is 0.254 e. The van der Waals surface area contributed by atoms with Gasteiger partial charge in [-0.3, -0.25) is 9.59 Å². The van der Waals surface area contributed by atoms with Crippen molar-refractivity contribution in [1.82, 2.24) is 9.80 Å². The van der Waals surface area contributed by atoms with Crippen LogP contribution < -0.4 is 14.2 Å². The molecule has 0 radical (unpaired) electrons. The van der Waals surface area contributed by atoms with E-state index in [0.29, 0.717) is 35.9 Å². The number of amides is 2. The number of aryl methyl sites for hydroxylation is 1. The normalized spacial score (nSPS) is 20.2. The number of ether oxygens (including phenoxy) is 3. The summed E-state index contributed by atoms with van der Waals surface area (Å²) in [7, 11) is 4.74. The fourth-order valence-corrected chi connectivity index (χ4v) is 5.21. The van der Waals surface area contributed by atoms with Crippen LogP contribution in [0.3, 0.4) is 0 Å². The number of carbonyl (C=O) groups is 2. The highest BCUT2D eigenvalue weighted by molar-refractivity contribution is 5.96. The highest BCUT2D eigenvalue weighted by Crippen LogP contribution is 2.44. The Balaban J connectivity index is 1.71. The summed E-state index contributed by atoms with van der Waals surface area (Å²) < 4.78 is 16.6. The zero-order valence-corrected chi connectivity index (χ0v) is 20.5. The van der Waals surface area contributed by atoms with Gasteiger partial charge in [0, 0.05) is 37.7 Å². The lowest BCUT2D eigenvalue weighted by Crippen LogP contribution is -2.42. The van der Waals surface area contributed by atoms with Gasteiger partial charge in [0.2, 0.25) is 11.7 Å². The summed E-state index contributed by atoms with van der Waals surface area (Å²) in [6.45, 7) is 4.35. The zero-order valence-electron chi connectivity index (χ0n) is 20.5. The van der Waals surface area contributed by atoms with Gasteiger partial charge >= 0.3 is 0 Å². The van der Waals surface area contributed by atoms with E-state index in [2.05, 4.69) is 0 Å². The molecule has 0 aromatic heterocycles. The van der Waals surface area contributed by atoms with Crippen LogP contribution in [0.1, 0.15) is 46.7 Å². The molecule has 0 spiro atoms. The van der Waals surface area contributed by atoms with Crippen molar-refractivity contribution in [3.63, 3.8) is 0 Å². The lowest BCUT2D eigenvalue weighted by Gasteiger charge is -2.31. The minimum Gasteiger partial charge on any atom is -0.493 e. The first-order valence-electron chi connectivity index (χ1n) is 11.9. The number of carbonyl (C=O) groups excluding carboxylic acids is 2. The standard InChI is InChI=1S/C27H34N2O5/c1-18-10-6-7-11-20(18)26(30)29-16-21(22(17-29)27(31)28-12-8-5-9-13-28)19-14-23(32-2)25(34-4)24(15-19)33-3/h6-7,10-11,14-15,21-22H,5,8-9,12-13,16-17H2,1-4H3. The first kappa shape index (κ1) is 23.9. The monoisotopic (exact) mass is 466 g/mol. The van der Waals surface area contributed by atoms with Gasteiger partial charge in [-0.25, -0.2) is 0 Å². The second-order valence-corrected chi connectivity index (χ2v) is 9.08. The zero-order chi connectivity index (χ0) is 24.2. The summed E-state index contributed by atoms with van der Waals surface area (Å²) in [5.41, 5.74) is 2.52. The van der Waals surface area contributed by atoms with E-state index in [1.165, 1.54) is 0 Å². The van der Waals surface area contributed by atoms with Gasteiger partial charge in [-0.05, 0) is 55.5 Å². The highest BCUT2D eigenvalue weighted by Gasteiger charge is 2.43. The van der Waals surface area contributed by atoms with Crippen molar-refractivity contribution in [1.29, 1.82) is 0 Å². The molecule has 2 saturated heterocycles.